The molecule has 0 bridgehead atoms. The monoisotopic (exact) mass is 476 g/mol. The molecule has 1 atom stereocenters. The standard InChI is InChI=1S/C29H58Cl2/c1-4-6-8-10-12-13-14-15-16-17-18-19-20-21-23-25-27-29(30,31)28(3)26-24-22-11-9-7-5-2/h28H,4-27H2,1-3H3. The van der Waals surface area contributed by atoms with Crippen LogP contribution in [0.5, 0.6) is 0 Å². The van der Waals surface area contributed by atoms with Gasteiger partial charge < -0.3 is 0 Å². The highest BCUT2D eigenvalue weighted by molar-refractivity contribution is 6.48. The van der Waals surface area contributed by atoms with Crippen molar-refractivity contribution in [3.8, 4) is 0 Å². The highest BCUT2D eigenvalue weighted by Crippen LogP contribution is 2.38. The number of hydrogen-bond acceptors (Lipinski definition) is 0. The molecular weight excluding hydrogens is 419 g/mol. The lowest BCUT2D eigenvalue weighted by atomic mass is 9.94. The Morgan fingerprint density at radius 2 is 0.742 bits per heavy atom. The highest BCUT2D eigenvalue weighted by Gasteiger charge is 2.30. The van der Waals surface area contributed by atoms with E-state index in [1.807, 2.05) is 0 Å². The van der Waals surface area contributed by atoms with E-state index in [4.69, 9.17) is 23.2 Å². The Labute approximate surface area is 208 Å². The fourth-order valence-electron chi connectivity index (χ4n) is 4.60. The molecule has 0 aromatic heterocycles. The summed E-state index contributed by atoms with van der Waals surface area (Å²) in [6, 6.07) is 0. The number of halogens is 2. The molecule has 0 aliphatic carbocycles. The maximum Gasteiger partial charge on any atom is 0.120 e. The van der Waals surface area contributed by atoms with Gasteiger partial charge in [0.05, 0.1) is 0 Å². The zero-order valence-electron chi connectivity index (χ0n) is 21.8. The molecule has 188 valence electrons. The van der Waals surface area contributed by atoms with Gasteiger partial charge in [0.2, 0.25) is 0 Å². The van der Waals surface area contributed by atoms with Crippen LogP contribution in [0.2, 0.25) is 0 Å². The van der Waals surface area contributed by atoms with Crippen LogP contribution in [0.3, 0.4) is 0 Å². The van der Waals surface area contributed by atoms with Crippen molar-refractivity contribution >= 4 is 23.2 Å². The first kappa shape index (κ1) is 31.6. The summed E-state index contributed by atoms with van der Waals surface area (Å²) in [6.45, 7) is 6.82. The Morgan fingerprint density at radius 3 is 1.10 bits per heavy atom. The van der Waals surface area contributed by atoms with Crippen LogP contribution in [-0.2, 0) is 0 Å². The van der Waals surface area contributed by atoms with Gasteiger partial charge >= 0.3 is 0 Å². The molecule has 0 aromatic rings. The Bertz CT molecular complexity index is 340. The van der Waals surface area contributed by atoms with E-state index in [1.165, 1.54) is 148 Å². The van der Waals surface area contributed by atoms with Gasteiger partial charge in [0.15, 0.2) is 0 Å². The zero-order chi connectivity index (χ0) is 23.0. The lowest BCUT2D eigenvalue weighted by Crippen LogP contribution is -2.23. The highest BCUT2D eigenvalue weighted by atomic mass is 35.5. The van der Waals surface area contributed by atoms with E-state index in [2.05, 4.69) is 20.8 Å². The summed E-state index contributed by atoms with van der Waals surface area (Å²) in [5.74, 6) is 0.415. The molecule has 0 nitrogen and oxygen atoms in total. The Morgan fingerprint density at radius 1 is 0.452 bits per heavy atom. The average Bonchev–Trinajstić information content (AvgIpc) is 2.75. The lowest BCUT2D eigenvalue weighted by Gasteiger charge is -2.27. The smallest absolute Gasteiger partial charge is 0.101 e. The maximum atomic E-state index is 6.68. The van der Waals surface area contributed by atoms with Crippen molar-refractivity contribution < 1.29 is 0 Å². The second kappa shape index (κ2) is 23.7. The number of hydrogen-bond donors (Lipinski definition) is 0. The van der Waals surface area contributed by atoms with Crippen LogP contribution < -0.4 is 0 Å². The fraction of sp³-hybridized carbons (Fsp3) is 1.00. The number of unbranched alkanes of at least 4 members (excludes halogenated alkanes) is 20. The van der Waals surface area contributed by atoms with Crippen LogP contribution in [0.1, 0.15) is 175 Å². The molecular formula is C29H58Cl2. The van der Waals surface area contributed by atoms with Crippen molar-refractivity contribution in [1.82, 2.24) is 0 Å². The topological polar surface area (TPSA) is 0 Å². The minimum Gasteiger partial charge on any atom is -0.101 e. The van der Waals surface area contributed by atoms with E-state index in [1.54, 1.807) is 0 Å². The Balaban J connectivity index is 3.39. The van der Waals surface area contributed by atoms with Gasteiger partial charge in [-0.25, -0.2) is 0 Å². The molecule has 0 spiro atoms. The van der Waals surface area contributed by atoms with Crippen molar-refractivity contribution in [2.75, 3.05) is 0 Å². The minimum atomic E-state index is -0.514. The molecule has 31 heavy (non-hydrogen) atoms. The average molecular weight is 478 g/mol. The molecule has 0 aliphatic rings. The minimum absolute atomic E-state index is 0.415. The molecule has 0 aromatic carbocycles. The molecule has 0 heterocycles. The first-order chi connectivity index (χ1) is 15.0. The van der Waals surface area contributed by atoms with Crippen molar-refractivity contribution in [3.63, 3.8) is 0 Å². The third-order valence-corrected chi connectivity index (χ3v) is 8.20. The van der Waals surface area contributed by atoms with Crippen LogP contribution in [0.25, 0.3) is 0 Å². The SMILES string of the molecule is CCCCCCCCCCCCCCCCCCC(Cl)(Cl)C(C)CCCCCCCC. The van der Waals surface area contributed by atoms with E-state index >= 15 is 0 Å². The van der Waals surface area contributed by atoms with Gasteiger partial charge in [-0.1, -0.05) is 162 Å². The van der Waals surface area contributed by atoms with Gasteiger partial charge in [0.1, 0.15) is 4.33 Å². The first-order valence-electron chi connectivity index (χ1n) is 14.4. The van der Waals surface area contributed by atoms with Crippen molar-refractivity contribution in [3.05, 3.63) is 0 Å². The third kappa shape index (κ3) is 22.2. The molecule has 0 aliphatic heterocycles. The van der Waals surface area contributed by atoms with Gasteiger partial charge in [-0.15, -0.1) is 23.2 Å². The summed E-state index contributed by atoms with van der Waals surface area (Å²) in [5, 5.41) is 0. The van der Waals surface area contributed by atoms with Gasteiger partial charge in [-0.3, -0.25) is 0 Å². The van der Waals surface area contributed by atoms with E-state index in [9.17, 15) is 0 Å². The molecule has 0 saturated heterocycles. The van der Waals surface area contributed by atoms with E-state index in [-0.39, 0.29) is 0 Å². The van der Waals surface area contributed by atoms with E-state index < -0.39 is 4.33 Å². The lowest BCUT2D eigenvalue weighted by molar-refractivity contribution is 0.408. The summed E-state index contributed by atoms with van der Waals surface area (Å²) in [6.07, 6.45) is 32.7. The molecule has 0 N–H and O–H groups in total. The summed E-state index contributed by atoms with van der Waals surface area (Å²) >= 11 is 13.4. The van der Waals surface area contributed by atoms with Crippen LogP contribution in [0.4, 0.5) is 0 Å². The molecule has 1 unspecified atom stereocenters. The van der Waals surface area contributed by atoms with Crippen molar-refractivity contribution in [2.45, 2.75) is 179 Å². The Hall–Kier alpha value is 0.580. The second-order valence-electron chi connectivity index (χ2n) is 10.3. The molecule has 0 amide bonds. The predicted octanol–water partition coefficient (Wildman–Crippen LogP) is 12.2. The summed E-state index contributed by atoms with van der Waals surface area (Å²) in [7, 11) is 0. The maximum absolute atomic E-state index is 6.68. The second-order valence-corrected chi connectivity index (χ2v) is 11.8. The van der Waals surface area contributed by atoms with Gasteiger partial charge in [-0.2, -0.15) is 0 Å². The van der Waals surface area contributed by atoms with Gasteiger partial charge in [0.25, 0.3) is 0 Å². The summed E-state index contributed by atoms with van der Waals surface area (Å²) in [5.41, 5.74) is 0. The van der Waals surface area contributed by atoms with Crippen molar-refractivity contribution in [1.29, 1.82) is 0 Å². The predicted molar refractivity (Wildman–Crippen MR) is 146 cm³/mol. The van der Waals surface area contributed by atoms with Crippen molar-refractivity contribution in [2.24, 2.45) is 5.92 Å². The summed E-state index contributed by atoms with van der Waals surface area (Å²) < 4.78 is -0.514. The summed E-state index contributed by atoms with van der Waals surface area (Å²) in [4.78, 5) is 0. The fourth-order valence-corrected chi connectivity index (χ4v) is 5.08. The van der Waals surface area contributed by atoms with Gasteiger partial charge in [-0.05, 0) is 18.8 Å². The molecule has 0 saturated carbocycles. The van der Waals surface area contributed by atoms with Gasteiger partial charge in [0, 0.05) is 0 Å². The first-order valence-corrected chi connectivity index (χ1v) is 15.2. The normalized spacial score (nSPS) is 13.1. The van der Waals surface area contributed by atoms with E-state index in [0.29, 0.717) is 5.92 Å². The molecule has 2 heteroatoms. The third-order valence-electron chi connectivity index (χ3n) is 7.08. The van der Waals surface area contributed by atoms with Crippen LogP contribution >= 0.6 is 23.2 Å². The van der Waals surface area contributed by atoms with E-state index in [0.717, 1.165) is 6.42 Å². The number of alkyl halides is 2. The largest absolute Gasteiger partial charge is 0.120 e. The molecule has 0 rings (SSSR count). The molecule has 0 radical (unpaired) electrons. The molecule has 0 fully saturated rings. The quantitative estimate of drug-likeness (QED) is 0.0905. The zero-order valence-corrected chi connectivity index (χ0v) is 23.3. The van der Waals surface area contributed by atoms with Crippen LogP contribution in [0, 0.1) is 5.92 Å². The number of rotatable bonds is 25. The van der Waals surface area contributed by atoms with Crippen LogP contribution in [0.15, 0.2) is 0 Å². The van der Waals surface area contributed by atoms with Crippen LogP contribution in [-0.4, -0.2) is 4.33 Å². The Kier molecular flexibility index (Phi) is 24.2.